The summed E-state index contributed by atoms with van der Waals surface area (Å²) in [6.07, 6.45) is 11.0. The van der Waals surface area contributed by atoms with E-state index in [0.717, 1.165) is 19.3 Å². The van der Waals surface area contributed by atoms with Gasteiger partial charge in [-0.25, -0.2) is 0 Å². The third-order valence-corrected chi connectivity index (χ3v) is 7.09. The van der Waals surface area contributed by atoms with E-state index in [4.69, 9.17) is 4.74 Å². The molecule has 24 heavy (non-hydrogen) atoms. The van der Waals surface area contributed by atoms with Crippen LogP contribution < -0.4 is 0 Å². The summed E-state index contributed by atoms with van der Waals surface area (Å²) in [7, 11) is 0. The van der Waals surface area contributed by atoms with Crippen molar-refractivity contribution in [2.45, 2.75) is 51.2 Å². The van der Waals surface area contributed by atoms with Crippen LogP contribution in [-0.2, 0) is 9.53 Å². The molecule has 1 aromatic carbocycles. The molecule has 1 spiro atoms. The van der Waals surface area contributed by atoms with Gasteiger partial charge < -0.3 is 4.74 Å². The van der Waals surface area contributed by atoms with Crippen LogP contribution in [0, 0.1) is 24.2 Å². The summed E-state index contributed by atoms with van der Waals surface area (Å²) in [6.45, 7) is 4.27. The number of aryl methyl sites for hydroxylation is 1. The lowest BCUT2D eigenvalue weighted by molar-refractivity contribution is -0.135. The molecule has 5 rings (SSSR count). The summed E-state index contributed by atoms with van der Waals surface area (Å²) in [5.41, 5.74) is 3.25. The number of rotatable bonds is 1. The van der Waals surface area contributed by atoms with Crippen LogP contribution in [0.2, 0.25) is 0 Å². The zero-order valence-corrected chi connectivity index (χ0v) is 14.4. The number of allylic oxidation sites excluding steroid dienone is 1. The first-order valence-electron chi connectivity index (χ1n) is 9.24. The molecule has 0 unspecified atom stereocenters. The van der Waals surface area contributed by atoms with Gasteiger partial charge >= 0.3 is 0 Å². The monoisotopic (exact) mass is 320 g/mol. The lowest BCUT2D eigenvalue weighted by Crippen LogP contribution is -2.56. The van der Waals surface area contributed by atoms with Crippen LogP contribution in [0.4, 0.5) is 0 Å². The molecule has 2 heteroatoms. The Bertz CT molecular complexity index is 772. The zero-order valence-electron chi connectivity index (χ0n) is 14.4. The number of carbonyl (C=O) groups is 1. The van der Waals surface area contributed by atoms with Gasteiger partial charge in [0.05, 0.1) is 11.0 Å². The normalized spacial score (nSPS) is 44.2. The van der Waals surface area contributed by atoms with Gasteiger partial charge in [0, 0.05) is 11.8 Å². The van der Waals surface area contributed by atoms with Gasteiger partial charge in [-0.1, -0.05) is 60.9 Å². The fourth-order valence-electron chi connectivity index (χ4n) is 5.78. The molecule has 2 heterocycles. The van der Waals surface area contributed by atoms with Crippen molar-refractivity contribution in [1.82, 2.24) is 0 Å². The van der Waals surface area contributed by atoms with Gasteiger partial charge in [0.15, 0.2) is 5.78 Å². The number of ketones is 1. The highest BCUT2D eigenvalue weighted by molar-refractivity contribution is 5.95. The highest BCUT2D eigenvalue weighted by Gasteiger charge is 2.74. The molecule has 0 radical (unpaired) electrons. The van der Waals surface area contributed by atoms with Gasteiger partial charge in [-0.05, 0) is 37.8 Å². The summed E-state index contributed by atoms with van der Waals surface area (Å²) in [6, 6.07) is 8.59. The first kappa shape index (κ1) is 14.7. The number of hydrogen-bond acceptors (Lipinski definition) is 2. The Morgan fingerprint density at radius 1 is 1.17 bits per heavy atom. The van der Waals surface area contributed by atoms with E-state index in [9.17, 15) is 4.79 Å². The van der Waals surface area contributed by atoms with E-state index in [1.807, 2.05) is 0 Å². The van der Waals surface area contributed by atoms with Crippen LogP contribution in [-0.4, -0.2) is 17.5 Å². The fourth-order valence-corrected chi connectivity index (χ4v) is 5.78. The summed E-state index contributed by atoms with van der Waals surface area (Å²) >= 11 is 0. The molecule has 4 aliphatic rings. The summed E-state index contributed by atoms with van der Waals surface area (Å²) < 4.78 is 6.49. The number of hydrogen-bond donors (Lipinski definition) is 0. The quantitative estimate of drug-likeness (QED) is 0.762. The van der Waals surface area contributed by atoms with Crippen molar-refractivity contribution >= 4 is 11.9 Å². The van der Waals surface area contributed by atoms with Crippen LogP contribution in [0.1, 0.15) is 43.7 Å². The highest BCUT2D eigenvalue weighted by Crippen LogP contribution is 2.67. The molecular formula is C22H24O2. The molecule has 2 nitrogen and oxygen atoms in total. The van der Waals surface area contributed by atoms with Crippen LogP contribution >= 0.6 is 0 Å². The van der Waals surface area contributed by atoms with Crippen LogP contribution in [0.15, 0.2) is 42.0 Å². The van der Waals surface area contributed by atoms with Crippen molar-refractivity contribution in [3.63, 3.8) is 0 Å². The van der Waals surface area contributed by atoms with Gasteiger partial charge in [-0.15, -0.1) is 0 Å². The summed E-state index contributed by atoms with van der Waals surface area (Å²) in [5, 5.41) is 0. The Morgan fingerprint density at radius 2 is 1.92 bits per heavy atom. The minimum absolute atomic E-state index is 0.227. The molecule has 0 aromatic heterocycles. The van der Waals surface area contributed by atoms with Gasteiger partial charge in [-0.2, -0.15) is 0 Å². The van der Waals surface area contributed by atoms with Gasteiger partial charge in [0.25, 0.3) is 0 Å². The van der Waals surface area contributed by atoms with Crippen LogP contribution in [0.25, 0.3) is 6.08 Å². The second-order valence-corrected chi connectivity index (χ2v) is 8.30. The molecule has 2 aliphatic carbocycles. The largest absolute Gasteiger partial charge is 0.362 e. The first-order chi connectivity index (χ1) is 11.6. The minimum atomic E-state index is -0.263. The number of benzene rings is 1. The number of Topliss-reactive ketones (excluding diaryl/α,β-unsaturated/α-hetero) is 1. The number of carbonyl (C=O) groups excluding carboxylic acids is 1. The van der Waals surface area contributed by atoms with E-state index >= 15 is 0 Å². The summed E-state index contributed by atoms with van der Waals surface area (Å²) in [4.78, 5) is 13.1. The lowest BCUT2D eigenvalue weighted by Gasteiger charge is -2.48. The molecule has 2 saturated heterocycles. The molecule has 2 bridgehead atoms. The number of ether oxygens (including phenoxy) is 1. The van der Waals surface area contributed by atoms with Crippen LogP contribution in [0.3, 0.4) is 0 Å². The standard InChI is InChI=1S/C22H24O2/c1-14-5-7-15(8-6-14)13-16-9-10-17-18(16)19-20(23)21(2)11-3-4-12-22(17,21)24-19/h5-10,13,17-19H,3-4,11-12H2,1-2H3/b16-13+/t17-,18+,19+,21+,22-/m0/s1. The molecule has 0 N–H and O–H groups in total. The SMILES string of the molecule is Cc1ccc(/C=C2\C=C[C@H]3[C@@H]2[C@H]2O[C@@]34CCCC[C@]4(C)C2=O)cc1. The Hall–Kier alpha value is -1.67. The Morgan fingerprint density at radius 3 is 2.71 bits per heavy atom. The topological polar surface area (TPSA) is 26.3 Å². The van der Waals surface area contributed by atoms with Crippen molar-refractivity contribution in [2.75, 3.05) is 0 Å². The predicted octanol–water partition coefficient (Wildman–Crippen LogP) is 4.48. The third-order valence-electron chi connectivity index (χ3n) is 7.09. The van der Waals surface area contributed by atoms with Gasteiger partial charge in [0.2, 0.25) is 0 Å². The van der Waals surface area contributed by atoms with Gasteiger partial charge in [-0.3, -0.25) is 4.79 Å². The molecule has 5 atom stereocenters. The van der Waals surface area contributed by atoms with E-state index < -0.39 is 0 Å². The van der Waals surface area contributed by atoms with Gasteiger partial charge in [0.1, 0.15) is 6.10 Å². The van der Waals surface area contributed by atoms with E-state index in [0.29, 0.717) is 11.7 Å². The Kier molecular flexibility index (Phi) is 2.87. The maximum atomic E-state index is 13.1. The maximum Gasteiger partial charge on any atom is 0.170 e. The molecule has 0 amide bonds. The zero-order chi connectivity index (χ0) is 16.5. The van der Waals surface area contributed by atoms with Crippen LogP contribution in [0.5, 0.6) is 0 Å². The van der Waals surface area contributed by atoms with E-state index in [-0.39, 0.29) is 23.0 Å². The van der Waals surface area contributed by atoms with Crippen molar-refractivity contribution in [2.24, 2.45) is 17.3 Å². The average molecular weight is 320 g/mol. The molecule has 1 saturated carbocycles. The molecule has 124 valence electrons. The van der Waals surface area contributed by atoms with Crippen molar-refractivity contribution < 1.29 is 9.53 Å². The molecular weight excluding hydrogens is 296 g/mol. The first-order valence-corrected chi connectivity index (χ1v) is 9.24. The molecule has 3 fully saturated rings. The van der Waals surface area contributed by atoms with E-state index in [2.05, 4.69) is 56.3 Å². The van der Waals surface area contributed by atoms with Crippen molar-refractivity contribution in [1.29, 1.82) is 0 Å². The second kappa shape index (κ2) is 4.70. The van der Waals surface area contributed by atoms with E-state index in [1.165, 1.54) is 23.1 Å². The summed E-state index contributed by atoms with van der Waals surface area (Å²) in [5.74, 6) is 0.967. The van der Waals surface area contributed by atoms with E-state index in [1.54, 1.807) is 0 Å². The van der Waals surface area contributed by atoms with Crippen molar-refractivity contribution in [3.05, 3.63) is 53.1 Å². The molecule has 2 aliphatic heterocycles. The third kappa shape index (κ3) is 1.63. The average Bonchev–Trinajstić information content (AvgIpc) is 3.19. The maximum absolute atomic E-state index is 13.1. The minimum Gasteiger partial charge on any atom is -0.362 e. The molecule has 1 aromatic rings. The predicted molar refractivity (Wildman–Crippen MR) is 94.5 cm³/mol. The Labute approximate surface area is 143 Å². The fraction of sp³-hybridized carbons (Fsp3) is 0.500. The lowest BCUT2D eigenvalue weighted by atomic mass is 9.53. The van der Waals surface area contributed by atoms with Crippen molar-refractivity contribution in [3.8, 4) is 0 Å². The highest BCUT2D eigenvalue weighted by atomic mass is 16.5. The second-order valence-electron chi connectivity index (χ2n) is 8.30. The smallest absolute Gasteiger partial charge is 0.170 e. The Balaban J connectivity index is 1.55. The number of fused-ring (bicyclic) bond motifs is 3.